The normalized spacial score (nSPS) is 13.5. The molecule has 1 fully saturated rings. The molecule has 1 heterocycles. The number of hydrogen-bond acceptors (Lipinski definition) is 4. The Morgan fingerprint density at radius 1 is 1.33 bits per heavy atom. The highest BCUT2D eigenvalue weighted by atomic mass is 16.5. The number of amides is 1. The lowest BCUT2D eigenvalue weighted by Crippen LogP contribution is -2.31. The highest BCUT2D eigenvalue weighted by Gasteiger charge is 2.25. The lowest BCUT2D eigenvalue weighted by atomic mass is 10.1. The third-order valence-corrected chi connectivity index (χ3v) is 4.09. The van der Waals surface area contributed by atoms with Crippen LogP contribution in [0.1, 0.15) is 30.0 Å². The van der Waals surface area contributed by atoms with Gasteiger partial charge >= 0.3 is 0 Å². The van der Waals surface area contributed by atoms with Gasteiger partial charge in [-0.1, -0.05) is 12.1 Å². The number of nitrogens with zero attached hydrogens (tertiary/aromatic N) is 2. The van der Waals surface area contributed by atoms with Crippen molar-refractivity contribution in [3.05, 3.63) is 58.3 Å². The van der Waals surface area contributed by atoms with Crippen molar-refractivity contribution in [3.63, 3.8) is 0 Å². The number of nitrogens with one attached hydrogen (secondary N) is 1. The van der Waals surface area contributed by atoms with Crippen LogP contribution in [0.3, 0.4) is 0 Å². The summed E-state index contributed by atoms with van der Waals surface area (Å²) in [5.41, 5.74) is 1.75. The van der Waals surface area contributed by atoms with Crippen molar-refractivity contribution in [2.75, 3.05) is 13.7 Å². The molecule has 1 aliphatic carbocycles. The SMILES string of the molecule is COc1ccc(CC(=O)NCCn2cnc(C3CC3)cc2=O)cc1. The number of benzene rings is 1. The zero-order valence-corrected chi connectivity index (χ0v) is 13.7. The van der Waals surface area contributed by atoms with Crippen LogP contribution < -0.4 is 15.6 Å². The van der Waals surface area contributed by atoms with E-state index in [0.29, 0.717) is 25.4 Å². The lowest BCUT2D eigenvalue weighted by Gasteiger charge is -2.08. The summed E-state index contributed by atoms with van der Waals surface area (Å²) in [5, 5.41) is 2.83. The molecule has 0 bridgehead atoms. The van der Waals surface area contributed by atoms with Gasteiger partial charge in [0, 0.05) is 25.1 Å². The molecule has 0 aliphatic heterocycles. The molecule has 126 valence electrons. The number of hydrogen-bond donors (Lipinski definition) is 1. The molecule has 0 atom stereocenters. The van der Waals surface area contributed by atoms with Crippen LogP contribution in [0.15, 0.2) is 41.5 Å². The van der Waals surface area contributed by atoms with Gasteiger partial charge in [-0.25, -0.2) is 4.98 Å². The van der Waals surface area contributed by atoms with E-state index in [9.17, 15) is 9.59 Å². The van der Waals surface area contributed by atoms with Crippen LogP contribution in [0.2, 0.25) is 0 Å². The number of aromatic nitrogens is 2. The Morgan fingerprint density at radius 2 is 2.08 bits per heavy atom. The zero-order valence-electron chi connectivity index (χ0n) is 13.7. The molecule has 6 heteroatoms. The second-order valence-corrected chi connectivity index (χ2v) is 5.99. The van der Waals surface area contributed by atoms with Crippen LogP contribution >= 0.6 is 0 Å². The fourth-order valence-corrected chi connectivity index (χ4v) is 2.52. The van der Waals surface area contributed by atoms with Gasteiger partial charge in [-0.15, -0.1) is 0 Å². The maximum absolute atomic E-state index is 12.0. The van der Waals surface area contributed by atoms with Gasteiger partial charge in [0.1, 0.15) is 5.75 Å². The Balaban J connectivity index is 1.46. The van der Waals surface area contributed by atoms with Crippen molar-refractivity contribution in [2.24, 2.45) is 0 Å². The molecule has 1 saturated carbocycles. The van der Waals surface area contributed by atoms with Crippen LogP contribution in [0.5, 0.6) is 5.75 Å². The monoisotopic (exact) mass is 327 g/mol. The molecule has 1 N–H and O–H groups in total. The minimum atomic E-state index is -0.0734. The number of ether oxygens (including phenoxy) is 1. The molecule has 24 heavy (non-hydrogen) atoms. The zero-order chi connectivity index (χ0) is 16.9. The van der Waals surface area contributed by atoms with E-state index in [1.807, 2.05) is 24.3 Å². The second-order valence-electron chi connectivity index (χ2n) is 5.99. The number of methoxy groups -OCH3 is 1. The third kappa shape index (κ3) is 4.22. The Morgan fingerprint density at radius 3 is 2.71 bits per heavy atom. The molecule has 6 nitrogen and oxygen atoms in total. The molecule has 0 radical (unpaired) electrons. The van der Waals surface area contributed by atoms with Crippen LogP contribution in [0.25, 0.3) is 0 Å². The molecule has 1 amide bonds. The minimum absolute atomic E-state index is 0.0590. The Kier molecular flexibility index (Phi) is 4.93. The van der Waals surface area contributed by atoms with Crippen molar-refractivity contribution in [2.45, 2.75) is 31.7 Å². The van der Waals surface area contributed by atoms with E-state index in [1.54, 1.807) is 19.5 Å². The molecule has 2 aromatic rings. The summed E-state index contributed by atoms with van der Waals surface area (Å²) in [7, 11) is 1.61. The lowest BCUT2D eigenvalue weighted by molar-refractivity contribution is -0.120. The van der Waals surface area contributed by atoms with Crippen LogP contribution in [0.4, 0.5) is 0 Å². The first-order valence-corrected chi connectivity index (χ1v) is 8.12. The molecule has 1 aliphatic rings. The summed E-state index contributed by atoms with van der Waals surface area (Å²) in [6, 6.07) is 8.99. The van der Waals surface area contributed by atoms with E-state index < -0.39 is 0 Å². The van der Waals surface area contributed by atoms with E-state index in [-0.39, 0.29) is 11.5 Å². The predicted octanol–water partition coefficient (Wildman–Crippen LogP) is 1.49. The summed E-state index contributed by atoms with van der Waals surface area (Å²) in [6.07, 6.45) is 4.12. The van der Waals surface area contributed by atoms with Crippen LogP contribution in [-0.4, -0.2) is 29.1 Å². The number of carbonyl (C=O) groups is 1. The summed E-state index contributed by atoms with van der Waals surface area (Å²) in [5.74, 6) is 1.16. The Hall–Kier alpha value is -2.63. The van der Waals surface area contributed by atoms with Gasteiger partial charge in [0.2, 0.25) is 5.91 Å². The van der Waals surface area contributed by atoms with Gasteiger partial charge in [0.05, 0.1) is 25.6 Å². The van der Waals surface area contributed by atoms with Gasteiger partial charge < -0.3 is 10.1 Å². The third-order valence-electron chi connectivity index (χ3n) is 4.09. The van der Waals surface area contributed by atoms with E-state index >= 15 is 0 Å². The van der Waals surface area contributed by atoms with E-state index in [2.05, 4.69) is 10.3 Å². The fourth-order valence-electron chi connectivity index (χ4n) is 2.52. The molecule has 0 saturated heterocycles. The van der Waals surface area contributed by atoms with Crippen molar-refractivity contribution in [1.82, 2.24) is 14.9 Å². The van der Waals surface area contributed by atoms with Crippen molar-refractivity contribution in [1.29, 1.82) is 0 Å². The average Bonchev–Trinajstić information content (AvgIpc) is 3.42. The topological polar surface area (TPSA) is 73.2 Å². The van der Waals surface area contributed by atoms with Gasteiger partial charge in [-0.05, 0) is 30.5 Å². The highest BCUT2D eigenvalue weighted by Crippen LogP contribution is 2.38. The minimum Gasteiger partial charge on any atom is -0.497 e. The molecular weight excluding hydrogens is 306 g/mol. The quantitative estimate of drug-likeness (QED) is 0.836. The molecule has 0 spiro atoms. The smallest absolute Gasteiger partial charge is 0.253 e. The second kappa shape index (κ2) is 7.29. The average molecular weight is 327 g/mol. The summed E-state index contributed by atoms with van der Waals surface area (Å²) >= 11 is 0. The van der Waals surface area contributed by atoms with E-state index in [0.717, 1.165) is 29.8 Å². The molecular formula is C18H21N3O3. The number of rotatable bonds is 7. The van der Waals surface area contributed by atoms with Crippen molar-refractivity contribution < 1.29 is 9.53 Å². The van der Waals surface area contributed by atoms with Gasteiger partial charge in [0.25, 0.3) is 5.56 Å². The van der Waals surface area contributed by atoms with Gasteiger partial charge in [0.15, 0.2) is 0 Å². The maximum atomic E-state index is 12.0. The van der Waals surface area contributed by atoms with Crippen LogP contribution in [0, 0.1) is 0 Å². The summed E-state index contributed by atoms with van der Waals surface area (Å²) in [6.45, 7) is 0.824. The summed E-state index contributed by atoms with van der Waals surface area (Å²) < 4.78 is 6.61. The Labute approximate surface area is 140 Å². The molecule has 0 unspecified atom stereocenters. The van der Waals surface area contributed by atoms with Crippen molar-refractivity contribution in [3.8, 4) is 5.75 Å². The first-order valence-electron chi connectivity index (χ1n) is 8.12. The molecule has 1 aromatic heterocycles. The van der Waals surface area contributed by atoms with Gasteiger partial charge in [-0.2, -0.15) is 0 Å². The largest absolute Gasteiger partial charge is 0.497 e. The molecule has 1 aromatic carbocycles. The maximum Gasteiger partial charge on any atom is 0.253 e. The molecule has 3 rings (SSSR count). The first kappa shape index (κ1) is 16.2. The number of carbonyl (C=O) groups excluding carboxylic acids is 1. The van der Waals surface area contributed by atoms with Gasteiger partial charge in [-0.3, -0.25) is 14.2 Å². The fraction of sp³-hybridized carbons (Fsp3) is 0.389. The van der Waals surface area contributed by atoms with E-state index in [4.69, 9.17) is 4.74 Å². The summed E-state index contributed by atoms with van der Waals surface area (Å²) in [4.78, 5) is 28.3. The Bertz CT molecular complexity index is 764. The standard InChI is InChI=1S/C18H21N3O3/c1-24-15-6-2-13(3-7-15)10-17(22)19-8-9-21-12-20-16(11-18(21)23)14-4-5-14/h2-3,6-7,11-12,14H,4-5,8-10H2,1H3,(H,19,22). The predicted molar refractivity (Wildman–Crippen MR) is 90.2 cm³/mol. The van der Waals surface area contributed by atoms with Crippen molar-refractivity contribution >= 4 is 5.91 Å². The highest BCUT2D eigenvalue weighted by molar-refractivity contribution is 5.78. The first-order chi connectivity index (χ1) is 11.7. The van der Waals surface area contributed by atoms with E-state index in [1.165, 1.54) is 4.57 Å². The van der Waals surface area contributed by atoms with Crippen LogP contribution in [-0.2, 0) is 17.8 Å².